The number of methoxy groups -OCH3 is 1. The maximum Gasteiger partial charge on any atom is 0.164 e. The SMILES string of the molecule is COC1(C(=O)CC2CCCCC2)CCC(C)CC1. The third-order valence-electron chi connectivity index (χ3n) is 5.18. The van der Waals surface area contributed by atoms with Crippen LogP contribution in [0.2, 0.25) is 0 Å². The molecule has 2 aliphatic carbocycles. The largest absolute Gasteiger partial charge is 0.370 e. The van der Waals surface area contributed by atoms with Crippen molar-refractivity contribution < 1.29 is 9.53 Å². The van der Waals surface area contributed by atoms with E-state index >= 15 is 0 Å². The van der Waals surface area contributed by atoms with Crippen molar-refractivity contribution in [2.24, 2.45) is 11.8 Å². The molecule has 0 amide bonds. The van der Waals surface area contributed by atoms with Gasteiger partial charge in [-0.05, 0) is 37.5 Å². The second kappa shape index (κ2) is 6.18. The first-order valence-corrected chi connectivity index (χ1v) is 7.75. The van der Waals surface area contributed by atoms with E-state index in [0.717, 1.165) is 38.0 Å². The molecule has 0 spiro atoms. The van der Waals surface area contributed by atoms with Gasteiger partial charge in [0.1, 0.15) is 5.60 Å². The summed E-state index contributed by atoms with van der Waals surface area (Å²) in [5.74, 6) is 1.79. The molecule has 2 aliphatic rings. The van der Waals surface area contributed by atoms with Crippen LogP contribution in [0.25, 0.3) is 0 Å². The molecule has 0 atom stereocenters. The Morgan fingerprint density at radius 2 is 1.72 bits per heavy atom. The highest BCUT2D eigenvalue weighted by Gasteiger charge is 2.41. The first kappa shape index (κ1) is 14.0. The fourth-order valence-corrected chi connectivity index (χ4v) is 3.66. The number of hydrogen-bond acceptors (Lipinski definition) is 2. The fraction of sp³-hybridized carbons (Fsp3) is 0.938. The highest BCUT2D eigenvalue weighted by atomic mass is 16.5. The van der Waals surface area contributed by atoms with Gasteiger partial charge in [-0.1, -0.05) is 39.0 Å². The number of Topliss-reactive ketones (excluding diaryl/α,β-unsaturated/α-hetero) is 1. The Bertz CT molecular complexity index is 271. The highest BCUT2D eigenvalue weighted by molar-refractivity contribution is 5.87. The summed E-state index contributed by atoms with van der Waals surface area (Å²) in [6.07, 6.45) is 11.4. The van der Waals surface area contributed by atoms with Gasteiger partial charge in [-0.2, -0.15) is 0 Å². The average molecular weight is 252 g/mol. The van der Waals surface area contributed by atoms with E-state index in [0.29, 0.717) is 11.7 Å². The quantitative estimate of drug-likeness (QED) is 0.752. The van der Waals surface area contributed by atoms with E-state index in [1.165, 1.54) is 32.1 Å². The van der Waals surface area contributed by atoms with Crippen molar-refractivity contribution >= 4 is 5.78 Å². The van der Waals surface area contributed by atoms with Gasteiger partial charge in [-0.15, -0.1) is 0 Å². The molecular formula is C16H28O2. The van der Waals surface area contributed by atoms with Crippen LogP contribution < -0.4 is 0 Å². The maximum absolute atomic E-state index is 12.6. The van der Waals surface area contributed by atoms with Crippen LogP contribution in [-0.4, -0.2) is 18.5 Å². The van der Waals surface area contributed by atoms with Gasteiger partial charge in [0.25, 0.3) is 0 Å². The smallest absolute Gasteiger partial charge is 0.164 e. The first-order valence-electron chi connectivity index (χ1n) is 7.75. The molecular weight excluding hydrogens is 224 g/mol. The molecule has 18 heavy (non-hydrogen) atoms. The van der Waals surface area contributed by atoms with Crippen molar-refractivity contribution in [1.29, 1.82) is 0 Å². The lowest BCUT2D eigenvalue weighted by Gasteiger charge is -2.38. The molecule has 2 rings (SSSR count). The van der Waals surface area contributed by atoms with Crippen molar-refractivity contribution in [3.05, 3.63) is 0 Å². The van der Waals surface area contributed by atoms with E-state index in [1.807, 2.05) is 0 Å². The monoisotopic (exact) mass is 252 g/mol. The first-order chi connectivity index (χ1) is 8.66. The molecule has 0 N–H and O–H groups in total. The summed E-state index contributed by atoms with van der Waals surface area (Å²) in [6.45, 7) is 2.28. The van der Waals surface area contributed by atoms with Crippen LogP contribution in [0.1, 0.15) is 71.1 Å². The molecule has 2 saturated carbocycles. The van der Waals surface area contributed by atoms with Crippen LogP contribution in [0, 0.1) is 11.8 Å². The molecule has 2 nitrogen and oxygen atoms in total. The van der Waals surface area contributed by atoms with Crippen molar-refractivity contribution in [1.82, 2.24) is 0 Å². The Labute approximate surface area is 111 Å². The zero-order valence-electron chi connectivity index (χ0n) is 12.0. The summed E-state index contributed by atoms with van der Waals surface area (Å²) in [7, 11) is 1.73. The third kappa shape index (κ3) is 3.14. The Morgan fingerprint density at radius 1 is 1.11 bits per heavy atom. The van der Waals surface area contributed by atoms with Gasteiger partial charge in [0.05, 0.1) is 0 Å². The van der Waals surface area contributed by atoms with E-state index in [9.17, 15) is 4.79 Å². The standard InChI is InChI=1S/C16H28O2/c1-13-8-10-16(18-2,11-9-13)15(17)12-14-6-4-3-5-7-14/h13-14H,3-12H2,1-2H3. The predicted molar refractivity (Wildman–Crippen MR) is 73.6 cm³/mol. The van der Waals surface area contributed by atoms with Gasteiger partial charge < -0.3 is 4.74 Å². The van der Waals surface area contributed by atoms with Gasteiger partial charge >= 0.3 is 0 Å². The molecule has 0 saturated heterocycles. The Balaban J connectivity index is 1.92. The molecule has 2 heteroatoms. The second-order valence-electron chi connectivity index (χ2n) is 6.51. The number of ether oxygens (including phenoxy) is 1. The van der Waals surface area contributed by atoms with Gasteiger partial charge in [0, 0.05) is 13.5 Å². The maximum atomic E-state index is 12.6. The van der Waals surface area contributed by atoms with E-state index in [-0.39, 0.29) is 0 Å². The van der Waals surface area contributed by atoms with E-state index in [4.69, 9.17) is 4.74 Å². The number of rotatable bonds is 4. The normalized spacial score (nSPS) is 34.4. The van der Waals surface area contributed by atoms with Gasteiger partial charge in [0.15, 0.2) is 5.78 Å². The molecule has 0 radical (unpaired) electrons. The topological polar surface area (TPSA) is 26.3 Å². The number of hydrogen-bond donors (Lipinski definition) is 0. The highest BCUT2D eigenvalue weighted by Crippen LogP contribution is 2.38. The zero-order chi connectivity index (χ0) is 13.0. The summed E-state index contributed by atoms with van der Waals surface area (Å²) in [5, 5.41) is 0. The Morgan fingerprint density at radius 3 is 2.28 bits per heavy atom. The van der Waals surface area contributed by atoms with Crippen molar-refractivity contribution in [2.75, 3.05) is 7.11 Å². The molecule has 0 aromatic rings. The minimum atomic E-state index is -0.427. The molecule has 2 fully saturated rings. The Kier molecular flexibility index (Phi) is 4.83. The fourth-order valence-electron chi connectivity index (χ4n) is 3.66. The predicted octanol–water partition coefficient (Wildman–Crippen LogP) is 4.12. The number of carbonyl (C=O) groups is 1. The Hall–Kier alpha value is -0.370. The van der Waals surface area contributed by atoms with Gasteiger partial charge in [-0.3, -0.25) is 4.79 Å². The number of carbonyl (C=O) groups excluding carboxylic acids is 1. The molecule has 0 aliphatic heterocycles. The van der Waals surface area contributed by atoms with Crippen LogP contribution in [0.4, 0.5) is 0 Å². The van der Waals surface area contributed by atoms with E-state index in [1.54, 1.807) is 7.11 Å². The van der Waals surface area contributed by atoms with Crippen LogP contribution in [0.3, 0.4) is 0 Å². The molecule has 0 bridgehead atoms. The summed E-state index contributed by atoms with van der Waals surface area (Å²) in [5.41, 5.74) is -0.427. The lowest BCUT2D eigenvalue weighted by molar-refractivity contribution is -0.147. The molecule has 0 unspecified atom stereocenters. The molecule has 0 aromatic heterocycles. The molecule has 104 valence electrons. The lowest BCUT2D eigenvalue weighted by Crippen LogP contribution is -2.44. The molecule has 0 heterocycles. The third-order valence-corrected chi connectivity index (χ3v) is 5.18. The molecule has 0 aromatic carbocycles. The second-order valence-corrected chi connectivity index (χ2v) is 6.51. The van der Waals surface area contributed by atoms with E-state index in [2.05, 4.69) is 6.92 Å². The summed E-state index contributed by atoms with van der Waals surface area (Å²) in [6, 6.07) is 0. The minimum Gasteiger partial charge on any atom is -0.370 e. The number of ketones is 1. The summed E-state index contributed by atoms with van der Waals surface area (Å²) in [4.78, 5) is 12.6. The van der Waals surface area contributed by atoms with Crippen molar-refractivity contribution in [3.63, 3.8) is 0 Å². The van der Waals surface area contributed by atoms with Gasteiger partial charge in [0.2, 0.25) is 0 Å². The average Bonchev–Trinajstić information content (AvgIpc) is 2.41. The zero-order valence-corrected chi connectivity index (χ0v) is 12.0. The van der Waals surface area contributed by atoms with Crippen LogP contribution >= 0.6 is 0 Å². The van der Waals surface area contributed by atoms with Crippen LogP contribution in [0.5, 0.6) is 0 Å². The van der Waals surface area contributed by atoms with Crippen molar-refractivity contribution in [2.45, 2.75) is 76.7 Å². The van der Waals surface area contributed by atoms with Gasteiger partial charge in [-0.25, -0.2) is 0 Å². The summed E-state index contributed by atoms with van der Waals surface area (Å²) >= 11 is 0. The lowest BCUT2D eigenvalue weighted by atomic mass is 9.74. The van der Waals surface area contributed by atoms with E-state index < -0.39 is 5.60 Å². The van der Waals surface area contributed by atoms with Crippen molar-refractivity contribution in [3.8, 4) is 0 Å². The van der Waals surface area contributed by atoms with Crippen LogP contribution in [-0.2, 0) is 9.53 Å². The minimum absolute atomic E-state index is 0.392. The van der Waals surface area contributed by atoms with Crippen LogP contribution in [0.15, 0.2) is 0 Å². The summed E-state index contributed by atoms with van der Waals surface area (Å²) < 4.78 is 5.68.